The number of ether oxygens (including phenoxy) is 2. The van der Waals surface area contributed by atoms with Crippen LogP contribution in [0.4, 0.5) is 16.2 Å². The average molecular weight is 608 g/mol. The van der Waals surface area contributed by atoms with Crippen LogP contribution in [-0.4, -0.2) is 41.1 Å². The molecule has 226 valence electrons. The van der Waals surface area contributed by atoms with Gasteiger partial charge in [-0.05, 0) is 67.2 Å². The Balaban J connectivity index is 1.20. The lowest BCUT2D eigenvalue weighted by atomic mass is 9.87. The van der Waals surface area contributed by atoms with Crippen LogP contribution < -0.4 is 20.1 Å². The van der Waals surface area contributed by atoms with E-state index in [1.807, 2.05) is 66.7 Å². The van der Waals surface area contributed by atoms with Crippen LogP contribution in [0.15, 0.2) is 78.3 Å². The van der Waals surface area contributed by atoms with Crippen molar-refractivity contribution in [3.05, 3.63) is 89.6 Å². The Kier molecular flexibility index (Phi) is 8.50. The zero-order chi connectivity index (χ0) is 30.7. The van der Waals surface area contributed by atoms with E-state index in [0.29, 0.717) is 28.6 Å². The molecule has 2 N–H and O–H groups in total. The van der Waals surface area contributed by atoms with Gasteiger partial charge in [0.15, 0.2) is 0 Å². The summed E-state index contributed by atoms with van der Waals surface area (Å²) in [6, 6.07) is 20.8. The number of benzene rings is 3. The molecule has 0 saturated carbocycles. The van der Waals surface area contributed by atoms with E-state index in [1.54, 1.807) is 24.6 Å². The molecule has 0 radical (unpaired) electrons. The molecule has 1 aliphatic heterocycles. The van der Waals surface area contributed by atoms with Crippen molar-refractivity contribution in [2.45, 2.75) is 45.6 Å². The molecule has 3 aromatic carbocycles. The minimum absolute atomic E-state index is 0.0721. The van der Waals surface area contributed by atoms with Crippen molar-refractivity contribution in [3.63, 3.8) is 0 Å². The Labute approximate surface area is 262 Å². The molecule has 2 aromatic heterocycles. The number of anilines is 2. The highest BCUT2D eigenvalue weighted by Crippen LogP contribution is 2.36. The first-order valence-corrected chi connectivity index (χ1v) is 15.7. The van der Waals surface area contributed by atoms with Crippen LogP contribution in [0, 0.1) is 0 Å². The summed E-state index contributed by atoms with van der Waals surface area (Å²) in [5.74, 6) is 1.94. The predicted octanol–water partition coefficient (Wildman–Crippen LogP) is 8.70. The first-order valence-electron chi connectivity index (χ1n) is 14.9. The van der Waals surface area contributed by atoms with Gasteiger partial charge in [-0.15, -0.1) is 11.3 Å². The first kappa shape index (κ1) is 29.6. The van der Waals surface area contributed by atoms with Crippen LogP contribution in [0.3, 0.4) is 0 Å². The maximum atomic E-state index is 13.2. The minimum Gasteiger partial charge on any atom is -0.495 e. The van der Waals surface area contributed by atoms with Gasteiger partial charge in [0.2, 0.25) is 0 Å². The highest BCUT2D eigenvalue weighted by atomic mass is 32.1. The third-order valence-corrected chi connectivity index (χ3v) is 8.67. The predicted molar refractivity (Wildman–Crippen MR) is 178 cm³/mol. The SMILES string of the molecule is COc1ccc(C(C)(C)C)cc1NC(=O)Nc1ccc(Oc2ccnc(-c3nc(CN4CCCC4)cs3)c2)c2ccccc12. The molecule has 0 unspecified atom stereocenters. The van der Waals surface area contributed by atoms with E-state index in [0.717, 1.165) is 52.4 Å². The standard InChI is InChI=1S/C35H37N5O3S/c1-35(2,3)23-11-13-32(42-4)29(19-23)39-34(41)38-28-12-14-31(27-10-6-5-9-26(27)28)43-25-15-16-36-30(20-25)33-37-24(22-44-33)21-40-17-7-8-18-40/h5-6,9-16,19-20,22H,7-8,17-18,21H2,1-4H3,(H2,38,39,41). The second kappa shape index (κ2) is 12.6. The topological polar surface area (TPSA) is 88.6 Å². The molecular formula is C35H37N5O3S. The summed E-state index contributed by atoms with van der Waals surface area (Å²) in [6.45, 7) is 9.56. The lowest BCUT2D eigenvalue weighted by Gasteiger charge is -2.21. The fourth-order valence-corrected chi connectivity index (χ4v) is 6.18. The van der Waals surface area contributed by atoms with Crippen molar-refractivity contribution in [2.75, 3.05) is 30.8 Å². The molecule has 1 aliphatic rings. The second-order valence-corrected chi connectivity index (χ2v) is 12.9. The second-order valence-electron chi connectivity index (χ2n) is 12.0. The van der Waals surface area contributed by atoms with E-state index in [1.165, 1.54) is 12.8 Å². The number of amides is 2. The van der Waals surface area contributed by atoms with Crippen molar-refractivity contribution < 1.29 is 14.3 Å². The largest absolute Gasteiger partial charge is 0.495 e. The molecule has 1 fully saturated rings. The summed E-state index contributed by atoms with van der Waals surface area (Å²) >= 11 is 1.61. The summed E-state index contributed by atoms with van der Waals surface area (Å²) in [5, 5.41) is 10.7. The van der Waals surface area contributed by atoms with Gasteiger partial charge in [0.05, 0.1) is 24.2 Å². The highest BCUT2D eigenvalue weighted by molar-refractivity contribution is 7.13. The molecule has 5 aromatic rings. The number of aromatic nitrogens is 2. The molecule has 0 atom stereocenters. The van der Waals surface area contributed by atoms with Gasteiger partial charge in [-0.3, -0.25) is 9.88 Å². The van der Waals surface area contributed by atoms with Crippen molar-refractivity contribution in [2.24, 2.45) is 0 Å². The van der Waals surface area contributed by atoms with E-state index in [4.69, 9.17) is 14.5 Å². The van der Waals surface area contributed by atoms with Crippen molar-refractivity contribution in [3.8, 4) is 28.0 Å². The minimum atomic E-state index is -0.362. The van der Waals surface area contributed by atoms with Gasteiger partial charge in [-0.1, -0.05) is 51.1 Å². The van der Waals surface area contributed by atoms with Crippen molar-refractivity contribution in [1.82, 2.24) is 14.9 Å². The molecule has 2 amide bonds. The summed E-state index contributed by atoms with van der Waals surface area (Å²) < 4.78 is 11.9. The lowest BCUT2D eigenvalue weighted by Crippen LogP contribution is -2.21. The lowest BCUT2D eigenvalue weighted by molar-refractivity contribution is 0.262. The van der Waals surface area contributed by atoms with Crippen LogP contribution in [-0.2, 0) is 12.0 Å². The molecule has 3 heterocycles. The summed E-state index contributed by atoms with van der Waals surface area (Å²) in [6.07, 6.45) is 4.27. The number of hydrogen-bond donors (Lipinski definition) is 2. The number of likely N-dealkylation sites (tertiary alicyclic amines) is 1. The molecule has 0 spiro atoms. The van der Waals surface area contributed by atoms with Gasteiger partial charge in [0, 0.05) is 35.0 Å². The molecule has 6 rings (SSSR count). The van der Waals surface area contributed by atoms with Crippen molar-refractivity contribution in [1.29, 1.82) is 0 Å². The van der Waals surface area contributed by atoms with Crippen molar-refractivity contribution >= 4 is 39.5 Å². The zero-order valence-electron chi connectivity index (χ0n) is 25.5. The fraction of sp³-hybridized carbons (Fsp3) is 0.286. The Morgan fingerprint density at radius 2 is 1.68 bits per heavy atom. The van der Waals surface area contributed by atoms with E-state index in [2.05, 4.69) is 46.7 Å². The Hall–Kier alpha value is -4.47. The molecule has 0 aliphatic carbocycles. The molecule has 1 saturated heterocycles. The Morgan fingerprint density at radius 1 is 0.932 bits per heavy atom. The Morgan fingerprint density at radius 3 is 2.45 bits per heavy atom. The van der Waals surface area contributed by atoms with Crippen LogP contribution in [0.25, 0.3) is 21.5 Å². The van der Waals surface area contributed by atoms with Crippen LogP contribution in [0.1, 0.15) is 44.9 Å². The quantitative estimate of drug-likeness (QED) is 0.183. The normalized spacial score (nSPS) is 13.6. The third kappa shape index (κ3) is 6.69. The van der Waals surface area contributed by atoms with Gasteiger partial charge < -0.3 is 20.1 Å². The Bertz CT molecular complexity index is 1790. The van der Waals surface area contributed by atoms with Crippen LogP contribution in [0.5, 0.6) is 17.2 Å². The summed E-state index contributed by atoms with van der Waals surface area (Å²) in [7, 11) is 1.59. The van der Waals surface area contributed by atoms with Gasteiger partial charge in [0.1, 0.15) is 28.0 Å². The number of nitrogens with one attached hydrogen (secondary N) is 2. The number of pyridine rings is 1. The number of carbonyl (C=O) groups excluding carboxylic acids is 1. The maximum absolute atomic E-state index is 13.2. The molecule has 8 nitrogen and oxygen atoms in total. The first-order chi connectivity index (χ1) is 21.3. The van der Waals surface area contributed by atoms with E-state index >= 15 is 0 Å². The number of fused-ring (bicyclic) bond motifs is 1. The van der Waals surface area contributed by atoms with Gasteiger partial charge in [0.25, 0.3) is 0 Å². The molecule has 0 bridgehead atoms. The number of rotatable bonds is 8. The number of urea groups is 1. The van der Waals surface area contributed by atoms with E-state index in [-0.39, 0.29) is 11.4 Å². The average Bonchev–Trinajstić information content (AvgIpc) is 3.71. The number of methoxy groups -OCH3 is 1. The van der Waals surface area contributed by atoms with Gasteiger partial charge in [-0.2, -0.15) is 0 Å². The summed E-state index contributed by atoms with van der Waals surface area (Å²) in [5.41, 5.74) is 4.16. The van der Waals surface area contributed by atoms with Crippen LogP contribution in [0.2, 0.25) is 0 Å². The number of nitrogens with zero attached hydrogens (tertiary/aromatic N) is 3. The fourth-order valence-electron chi connectivity index (χ4n) is 5.40. The van der Waals surface area contributed by atoms with E-state index in [9.17, 15) is 4.79 Å². The molecule has 44 heavy (non-hydrogen) atoms. The third-order valence-electron chi connectivity index (χ3n) is 7.76. The zero-order valence-corrected chi connectivity index (χ0v) is 26.3. The van der Waals surface area contributed by atoms with Gasteiger partial charge >= 0.3 is 6.03 Å². The number of carbonyl (C=O) groups is 1. The number of thiazole rings is 1. The summed E-state index contributed by atoms with van der Waals surface area (Å²) in [4.78, 5) is 25.0. The van der Waals surface area contributed by atoms with E-state index < -0.39 is 0 Å². The van der Waals surface area contributed by atoms with Crippen LogP contribution >= 0.6 is 11.3 Å². The number of hydrogen-bond acceptors (Lipinski definition) is 7. The smallest absolute Gasteiger partial charge is 0.323 e. The maximum Gasteiger partial charge on any atom is 0.323 e. The molecular weight excluding hydrogens is 570 g/mol. The highest BCUT2D eigenvalue weighted by Gasteiger charge is 2.18. The molecule has 9 heteroatoms. The monoisotopic (exact) mass is 607 g/mol. The van der Waals surface area contributed by atoms with Gasteiger partial charge in [-0.25, -0.2) is 9.78 Å².